The number of hydrogen-bond donors (Lipinski definition) is 0. The van der Waals surface area contributed by atoms with Gasteiger partial charge in [-0.15, -0.1) is 0 Å². The van der Waals surface area contributed by atoms with Gasteiger partial charge in [-0.1, -0.05) is 6.92 Å². The molecule has 0 heterocycles. The summed E-state index contributed by atoms with van der Waals surface area (Å²) in [6, 6.07) is 0. The van der Waals surface area contributed by atoms with Gasteiger partial charge in [-0.05, 0) is 44.3 Å². The van der Waals surface area contributed by atoms with E-state index in [1.165, 1.54) is 31.4 Å². The maximum absolute atomic E-state index is 2.47. The SMILES string of the molecule is CCCSC1[CH]CC[CH]C1. The third-order valence-electron chi connectivity index (χ3n) is 1.74. The molecule has 0 N–H and O–H groups in total. The molecule has 0 spiro atoms. The molecule has 1 aliphatic carbocycles. The zero-order chi connectivity index (χ0) is 7.23. The average molecular weight is 156 g/mol. The van der Waals surface area contributed by atoms with Gasteiger partial charge in [0.15, 0.2) is 0 Å². The van der Waals surface area contributed by atoms with Crippen molar-refractivity contribution < 1.29 is 0 Å². The Labute approximate surface area is 68.8 Å². The number of hydrogen-bond acceptors (Lipinski definition) is 1. The predicted octanol–water partition coefficient (Wildman–Crippen LogP) is 3.09. The molecule has 0 aromatic rings. The molecule has 0 amide bonds. The van der Waals surface area contributed by atoms with Gasteiger partial charge in [-0.25, -0.2) is 0 Å². The highest BCUT2D eigenvalue weighted by Crippen LogP contribution is 2.26. The van der Waals surface area contributed by atoms with E-state index >= 15 is 0 Å². The van der Waals surface area contributed by atoms with E-state index in [4.69, 9.17) is 0 Å². The molecule has 0 aromatic carbocycles. The summed E-state index contributed by atoms with van der Waals surface area (Å²) in [5, 5.41) is 0.841. The molecule has 1 fully saturated rings. The van der Waals surface area contributed by atoms with Gasteiger partial charge in [-0.2, -0.15) is 11.8 Å². The maximum atomic E-state index is 2.47. The first-order chi connectivity index (χ1) is 4.93. The summed E-state index contributed by atoms with van der Waals surface area (Å²) < 4.78 is 0. The predicted molar refractivity (Wildman–Crippen MR) is 49.0 cm³/mol. The highest BCUT2D eigenvalue weighted by Gasteiger charge is 2.12. The van der Waals surface area contributed by atoms with E-state index in [1.54, 1.807) is 0 Å². The Morgan fingerprint density at radius 3 is 3.00 bits per heavy atom. The topological polar surface area (TPSA) is 0 Å². The van der Waals surface area contributed by atoms with Crippen molar-refractivity contribution in [2.75, 3.05) is 5.75 Å². The molecule has 2 radical (unpaired) electrons. The molecule has 0 aromatic heterocycles. The minimum absolute atomic E-state index is 0.841. The summed E-state index contributed by atoms with van der Waals surface area (Å²) in [7, 11) is 0. The van der Waals surface area contributed by atoms with E-state index in [0.29, 0.717) is 0 Å². The van der Waals surface area contributed by atoms with Crippen LogP contribution in [-0.2, 0) is 0 Å². The summed E-state index contributed by atoms with van der Waals surface area (Å²) in [5.74, 6) is 1.33. The van der Waals surface area contributed by atoms with E-state index in [-0.39, 0.29) is 0 Å². The van der Waals surface area contributed by atoms with Gasteiger partial charge >= 0.3 is 0 Å². The summed E-state index contributed by atoms with van der Waals surface area (Å²) in [6.07, 6.45) is 10.1. The third-order valence-corrected chi connectivity index (χ3v) is 3.19. The van der Waals surface area contributed by atoms with Crippen molar-refractivity contribution in [3.05, 3.63) is 12.8 Å². The standard InChI is InChI=1S/C9H16S/c1-2-8-10-9-6-4-3-5-7-9/h4,7,9H,2-3,5-6,8H2,1H3. The van der Waals surface area contributed by atoms with Crippen LogP contribution in [0.5, 0.6) is 0 Å². The van der Waals surface area contributed by atoms with E-state index < -0.39 is 0 Å². The Balaban J connectivity index is 2.02. The molecule has 0 nitrogen and oxygen atoms in total. The first-order valence-electron chi connectivity index (χ1n) is 4.20. The Kier molecular flexibility index (Phi) is 4.27. The molecule has 10 heavy (non-hydrogen) atoms. The zero-order valence-electron chi connectivity index (χ0n) is 6.68. The van der Waals surface area contributed by atoms with Gasteiger partial charge in [-0.3, -0.25) is 0 Å². The van der Waals surface area contributed by atoms with Gasteiger partial charge in [0.2, 0.25) is 0 Å². The second-order valence-corrected chi connectivity index (χ2v) is 4.09. The van der Waals surface area contributed by atoms with Crippen molar-refractivity contribution in [1.29, 1.82) is 0 Å². The van der Waals surface area contributed by atoms with Crippen LogP contribution in [0, 0.1) is 12.8 Å². The molecule has 0 saturated heterocycles. The molecular formula is C9H16S. The van der Waals surface area contributed by atoms with E-state index in [0.717, 1.165) is 5.25 Å². The Morgan fingerprint density at radius 2 is 2.40 bits per heavy atom. The monoisotopic (exact) mass is 156 g/mol. The lowest BCUT2D eigenvalue weighted by molar-refractivity contribution is 0.725. The molecule has 1 heteroatoms. The Bertz CT molecular complexity index is 74.8. The second kappa shape index (κ2) is 5.06. The summed E-state index contributed by atoms with van der Waals surface area (Å²) in [5.41, 5.74) is 0. The lowest BCUT2D eigenvalue weighted by Crippen LogP contribution is -2.09. The van der Waals surface area contributed by atoms with Crippen molar-refractivity contribution in [1.82, 2.24) is 0 Å². The van der Waals surface area contributed by atoms with Crippen molar-refractivity contribution in [2.45, 2.75) is 37.9 Å². The lowest BCUT2D eigenvalue weighted by atomic mass is 10.0. The van der Waals surface area contributed by atoms with Gasteiger partial charge in [0.05, 0.1) is 0 Å². The fourth-order valence-corrected chi connectivity index (χ4v) is 2.27. The summed E-state index contributed by atoms with van der Waals surface area (Å²) in [4.78, 5) is 0. The van der Waals surface area contributed by atoms with Crippen molar-refractivity contribution in [3.8, 4) is 0 Å². The third kappa shape index (κ3) is 2.96. The van der Waals surface area contributed by atoms with Gasteiger partial charge in [0.1, 0.15) is 0 Å². The minimum atomic E-state index is 0.841. The minimum Gasteiger partial charge on any atom is -0.158 e. The largest absolute Gasteiger partial charge is 0.158 e. The van der Waals surface area contributed by atoms with Crippen LogP contribution >= 0.6 is 11.8 Å². The molecular weight excluding hydrogens is 140 g/mol. The normalized spacial score (nSPS) is 21.3. The molecule has 1 saturated carbocycles. The van der Waals surface area contributed by atoms with Crippen LogP contribution in [0.25, 0.3) is 0 Å². The Hall–Kier alpha value is 0.350. The zero-order valence-corrected chi connectivity index (χ0v) is 7.49. The molecule has 58 valence electrons. The fourth-order valence-electron chi connectivity index (χ4n) is 1.18. The summed E-state index contributed by atoms with van der Waals surface area (Å²) >= 11 is 2.11. The summed E-state index contributed by atoms with van der Waals surface area (Å²) in [6.45, 7) is 2.25. The van der Waals surface area contributed by atoms with Gasteiger partial charge in [0.25, 0.3) is 0 Å². The number of rotatable bonds is 3. The molecule has 1 atom stereocenters. The van der Waals surface area contributed by atoms with E-state index in [2.05, 4.69) is 31.5 Å². The van der Waals surface area contributed by atoms with Crippen LogP contribution in [0.15, 0.2) is 0 Å². The number of thioether (sulfide) groups is 1. The van der Waals surface area contributed by atoms with Crippen LogP contribution < -0.4 is 0 Å². The smallest absolute Gasteiger partial charge is 0.00811 e. The highest BCUT2D eigenvalue weighted by atomic mass is 32.2. The van der Waals surface area contributed by atoms with Crippen molar-refractivity contribution >= 4 is 11.8 Å². The fraction of sp³-hybridized carbons (Fsp3) is 0.778. The quantitative estimate of drug-likeness (QED) is 0.605. The molecule has 1 unspecified atom stereocenters. The lowest BCUT2D eigenvalue weighted by Gasteiger charge is -2.19. The molecule has 0 aliphatic heterocycles. The molecule has 0 bridgehead atoms. The first kappa shape index (κ1) is 8.45. The Morgan fingerprint density at radius 1 is 1.50 bits per heavy atom. The van der Waals surface area contributed by atoms with Crippen molar-refractivity contribution in [3.63, 3.8) is 0 Å². The first-order valence-corrected chi connectivity index (χ1v) is 5.25. The van der Waals surface area contributed by atoms with Crippen LogP contribution in [-0.4, -0.2) is 11.0 Å². The van der Waals surface area contributed by atoms with Gasteiger partial charge < -0.3 is 0 Å². The molecule has 1 rings (SSSR count). The van der Waals surface area contributed by atoms with Crippen LogP contribution in [0.2, 0.25) is 0 Å². The van der Waals surface area contributed by atoms with Crippen molar-refractivity contribution in [2.24, 2.45) is 0 Å². The van der Waals surface area contributed by atoms with Gasteiger partial charge in [0, 0.05) is 5.25 Å². The van der Waals surface area contributed by atoms with E-state index in [9.17, 15) is 0 Å². The van der Waals surface area contributed by atoms with Crippen LogP contribution in [0.3, 0.4) is 0 Å². The second-order valence-electron chi connectivity index (χ2n) is 2.75. The highest BCUT2D eigenvalue weighted by molar-refractivity contribution is 8.00. The maximum Gasteiger partial charge on any atom is 0.00811 e. The molecule has 1 aliphatic rings. The van der Waals surface area contributed by atoms with Crippen LogP contribution in [0.1, 0.15) is 32.6 Å². The van der Waals surface area contributed by atoms with Crippen LogP contribution in [0.4, 0.5) is 0 Å². The van der Waals surface area contributed by atoms with E-state index in [1.807, 2.05) is 0 Å². The average Bonchev–Trinajstić information content (AvgIpc) is 2.03.